The average Bonchev–Trinajstić information content (AvgIpc) is 3.87. The number of likely N-dealkylation sites (tertiary alicyclic amines) is 1. The zero-order valence-corrected chi connectivity index (χ0v) is 32.0. The van der Waals surface area contributed by atoms with Gasteiger partial charge in [-0.05, 0) is 60.2 Å². The van der Waals surface area contributed by atoms with Crippen LogP contribution in [0.25, 0.3) is 0 Å². The van der Waals surface area contributed by atoms with E-state index in [2.05, 4.69) is 41.7 Å². The molecule has 50 heavy (non-hydrogen) atoms. The number of piperidine rings is 1. The molecule has 3 saturated carbocycles. The van der Waals surface area contributed by atoms with E-state index in [4.69, 9.17) is 0 Å². The maximum atomic E-state index is 14.5. The number of Topliss-reactive ketones (excluding diaryl/α,β-unsaturated/α-hetero) is 1. The van der Waals surface area contributed by atoms with Gasteiger partial charge < -0.3 is 26.2 Å². The highest BCUT2D eigenvalue weighted by Gasteiger charge is 2.70. The standard InChI is InChI=1S/C37H61N5O7S/c1-9-18-38-32(45)29(43)26(20-24-13-14-24)39-31(44)28-27-25(36(27,7)8)21-42(28)33(46)30(35(4,5)6)40-34(47)41-37(16-11-10-12-17-37)22-50(48,49)19-15-23(2)3/h9,23-28,30H,1,10-22H2,2-8H3,(H,38,45)(H,39,44)(H2,40,41,47)/t25?,26?,27-,28-,30+/m0/s1. The Morgan fingerprint density at radius 2 is 1.64 bits per heavy atom. The molecule has 1 heterocycles. The van der Waals surface area contributed by atoms with E-state index in [1.807, 2.05) is 34.6 Å². The van der Waals surface area contributed by atoms with Crippen LogP contribution in [-0.4, -0.2) is 91.1 Å². The molecule has 3 aliphatic carbocycles. The molecule has 0 aromatic carbocycles. The Hall–Kier alpha value is -2.96. The van der Waals surface area contributed by atoms with Crippen molar-refractivity contribution < 1.29 is 32.4 Å². The van der Waals surface area contributed by atoms with Gasteiger partial charge in [-0.15, -0.1) is 6.58 Å². The van der Waals surface area contributed by atoms with Crippen LogP contribution in [0.5, 0.6) is 0 Å². The van der Waals surface area contributed by atoms with Crippen LogP contribution in [0.15, 0.2) is 12.7 Å². The number of fused-ring (bicyclic) bond motifs is 1. The van der Waals surface area contributed by atoms with Crippen LogP contribution in [-0.2, 0) is 29.0 Å². The van der Waals surface area contributed by atoms with Crippen molar-refractivity contribution in [2.45, 2.75) is 130 Å². The second-order valence-electron chi connectivity index (χ2n) is 17.5. The number of ketones is 1. The fourth-order valence-electron chi connectivity index (χ4n) is 8.06. The molecule has 4 rings (SSSR count). The van der Waals surface area contributed by atoms with Crippen LogP contribution in [0.1, 0.15) is 106 Å². The minimum atomic E-state index is -3.44. The lowest BCUT2D eigenvalue weighted by Gasteiger charge is -2.40. The van der Waals surface area contributed by atoms with Crippen molar-refractivity contribution >= 4 is 39.4 Å². The van der Waals surface area contributed by atoms with Crippen LogP contribution >= 0.6 is 0 Å². The van der Waals surface area contributed by atoms with E-state index >= 15 is 0 Å². The van der Waals surface area contributed by atoms with Crippen molar-refractivity contribution in [2.75, 3.05) is 24.6 Å². The number of hydrogen-bond donors (Lipinski definition) is 4. The Bertz CT molecular complexity index is 1430. The topological polar surface area (TPSA) is 171 Å². The van der Waals surface area contributed by atoms with Gasteiger partial charge in [-0.2, -0.15) is 0 Å². The molecule has 0 bridgehead atoms. The third kappa shape index (κ3) is 9.67. The Morgan fingerprint density at radius 3 is 2.20 bits per heavy atom. The second-order valence-corrected chi connectivity index (χ2v) is 19.7. The van der Waals surface area contributed by atoms with Crippen molar-refractivity contribution in [3.05, 3.63) is 12.7 Å². The lowest BCUT2D eigenvalue weighted by atomic mass is 9.83. The summed E-state index contributed by atoms with van der Waals surface area (Å²) < 4.78 is 26.4. The molecule has 0 aromatic rings. The molecule has 0 spiro atoms. The summed E-state index contributed by atoms with van der Waals surface area (Å²) in [5.74, 6) is -2.08. The first-order valence-electron chi connectivity index (χ1n) is 18.5. The van der Waals surface area contributed by atoms with E-state index in [0.29, 0.717) is 32.2 Å². The highest BCUT2D eigenvalue weighted by molar-refractivity contribution is 7.91. The van der Waals surface area contributed by atoms with E-state index in [1.54, 1.807) is 0 Å². The third-order valence-electron chi connectivity index (χ3n) is 11.4. The summed E-state index contributed by atoms with van der Waals surface area (Å²) in [6, 6.07) is -3.52. The molecule has 0 aromatic heterocycles. The summed E-state index contributed by atoms with van der Waals surface area (Å²) in [4.78, 5) is 69.6. The fourth-order valence-corrected chi connectivity index (χ4v) is 10.2. The lowest BCUT2D eigenvalue weighted by molar-refractivity contribution is -0.145. The van der Waals surface area contributed by atoms with Gasteiger partial charge in [0.05, 0.1) is 23.1 Å². The summed E-state index contributed by atoms with van der Waals surface area (Å²) in [7, 11) is -3.44. The predicted molar refractivity (Wildman–Crippen MR) is 193 cm³/mol. The van der Waals surface area contributed by atoms with Crippen LogP contribution in [0.4, 0.5) is 4.79 Å². The van der Waals surface area contributed by atoms with Crippen molar-refractivity contribution in [1.29, 1.82) is 0 Å². The Labute approximate surface area is 299 Å². The second kappa shape index (κ2) is 15.3. The summed E-state index contributed by atoms with van der Waals surface area (Å²) in [6.45, 7) is 17.6. The Kier molecular flexibility index (Phi) is 12.2. The lowest BCUT2D eigenvalue weighted by Crippen LogP contribution is -2.64. The van der Waals surface area contributed by atoms with Gasteiger partial charge in [0.15, 0.2) is 9.84 Å². The third-order valence-corrected chi connectivity index (χ3v) is 13.2. The maximum Gasteiger partial charge on any atom is 0.315 e. The number of hydrogen-bond acceptors (Lipinski definition) is 7. The van der Waals surface area contributed by atoms with E-state index in [1.165, 1.54) is 11.0 Å². The van der Waals surface area contributed by atoms with Crippen LogP contribution in [0.2, 0.25) is 0 Å². The zero-order chi connectivity index (χ0) is 37.2. The molecule has 1 aliphatic heterocycles. The highest BCUT2D eigenvalue weighted by atomic mass is 32.2. The quantitative estimate of drug-likeness (QED) is 0.140. The van der Waals surface area contributed by atoms with Crippen LogP contribution in [0.3, 0.4) is 0 Å². The number of nitrogens with one attached hydrogen (secondary N) is 4. The van der Waals surface area contributed by atoms with Crippen LogP contribution < -0.4 is 21.3 Å². The minimum absolute atomic E-state index is 0.0581. The normalized spacial score (nSPS) is 25.1. The number of nitrogens with zero attached hydrogens (tertiary/aromatic N) is 1. The molecule has 4 N–H and O–H groups in total. The molecular formula is C37H61N5O7S. The molecule has 0 radical (unpaired) electrons. The number of rotatable bonds is 16. The molecule has 4 fully saturated rings. The molecule has 5 atom stereocenters. The molecular weight excluding hydrogens is 659 g/mol. The highest BCUT2D eigenvalue weighted by Crippen LogP contribution is 2.65. The van der Waals surface area contributed by atoms with Crippen molar-refractivity contribution in [3.63, 3.8) is 0 Å². The monoisotopic (exact) mass is 719 g/mol. The van der Waals surface area contributed by atoms with Crippen LogP contribution in [0, 0.1) is 34.5 Å². The molecule has 2 unspecified atom stereocenters. The zero-order valence-electron chi connectivity index (χ0n) is 31.2. The number of urea groups is 1. The van der Waals surface area contributed by atoms with E-state index in [0.717, 1.165) is 32.1 Å². The summed E-state index contributed by atoms with van der Waals surface area (Å²) in [6.07, 6.45) is 7.85. The predicted octanol–water partition coefficient (Wildman–Crippen LogP) is 3.50. The fraction of sp³-hybridized carbons (Fsp3) is 0.811. The maximum absolute atomic E-state index is 14.5. The summed E-state index contributed by atoms with van der Waals surface area (Å²) in [5, 5.41) is 11.3. The first-order valence-corrected chi connectivity index (χ1v) is 20.4. The molecule has 5 amide bonds. The minimum Gasteiger partial charge on any atom is -0.346 e. The van der Waals surface area contributed by atoms with E-state index < -0.39 is 68.5 Å². The first kappa shape index (κ1) is 39.8. The number of carbonyl (C=O) groups excluding carboxylic acids is 5. The Balaban J connectivity index is 1.53. The molecule has 12 nitrogen and oxygen atoms in total. The van der Waals surface area contributed by atoms with E-state index in [-0.39, 0.29) is 47.1 Å². The first-order chi connectivity index (χ1) is 23.2. The molecule has 13 heteroatoms. The number of amides is 5. The van der Waals surface area contributed by atoms with Gasteiger partial charge in [0.25, 0.3) is 5.91 Å². The van der Waals surface area contributed by atoms with Gasteiger partial charge in [0.1, 0.15) is 12.1 Å². The summed E-state index contributed by atoms with van der Waals surface area (Å²) in [5.41, 5.74) is -1.88. The smallest absolute Gasteiger partial charge is 0.315 e. The van der Waals surface area contributed by atoms with Gasteiger partial charge in [-0.25, -0.2) is 13.2 Å². The van der Waals surface area contributed by atoms with Gasteiger partial charge >= 0.3 is 6.03 Å². The Morgan fingerprint density at radius 1 is 1.00 bits per heavy atom. The van der Waals surface area contributed by atoms with Gasteiger partial charge in [0, 0.05) is 13.1 Å². The number of carbonyl (C=O) groups is 5. The van der Waals surface area contributed by atoms with Gasteiger partial charge in [0.2, 0.25) is 17.6 Å². The van der Waals surface area contributed by atoms with Gasteiger partial charge in [-0.1, -0.05) is 86.6 Å². The molecule has 4 aliphatic rings. The average molecular weight is 720 g/mol. The summed E-state index contributed by atoms with van der Waals surface area (Å²) >= 11 is 0. The SMILES string of the molecule is C=CCNC(=O)C(=O)C(CC1CC1)NC(=O)[C@@H]1[C@@H]2C(CN1C(=O)[C@@H](NC(=O)NC1(CS(=O)(=O)CCC(C)C)CCCCC1)C(C)(C)C)C2(C)C. The molecule has 282 valence electrons. The van der Waals surface area contributed by atoms with Crippen molar-refractivity contribution in [1.82, 2.24) is 26.2 Å². The van der Waals surface area contributed by atoms with Crippen molar-refractivity contribution in [3.8, 4) is 0 Å². The van der Waals surface area contributed by atoms with Gasteiger partial charge in [-0.3, -0.25) is 19.2 Å². The van der Waals surface area contributed by atoms with Crippen molar-refractivity contribution in [2.24, 2.45) is 34.5 Å². The molecule has 1 saturated heterocycles. The van der Waals surface area contributed by atoms with E-state index in [9.17, 15) is 32.4 Å². The largest absolute Gasteiger partial charge is 0.346 e. The number of sulfone groups is 1.